The standard InChI is InChI=1S/C21H20Cl2N4O4/c1-31-11-10-26-18(24)17(19(28)25-21(26)30)27(12-13-6-3-2-4-7-13)20(29)14-8-5-9-15(22)16(14)23/h2-9H,10-12,24H2,1H3,(H,25,28,30). The van der Waals surface area contributed by atoms with E-state index in [0.717, 1.165) is 10.1 Å². The first-order chi connectivity index (χ1) is 14.8. The number of nitrogens with one attached hydrogen (secondary N) is 1. The van der Waals surface area contributed by atoms with E-state index in [1.54, 1.807) is 36.4 Å². The number of aromatic amines is 1. The van der Waals surface area contributed by atoms with Gasteiger partial charge < -0.3 is 10.5 Å². The quantitative estimate of drug-likeness (QED) is 0.560. The smallest absolute Gasteiger partial charge is 0.330 e. The maximum absolute atomic E-state index is 13.5. The molecular weight excluding hydrogens is 443 g/mol. The van der Waals surface area contributed by atoms with Gasteiger partial charge >= 0.3 is 5.69 Å². The maximum Gasteiger partial charge on any atom is 0.330 e. The van der Waals surface area contributed by atoms with Gasteiger partial charge in [-0.1, -0.05) is 59.6 Å². The molecule has 0 aliphatic carbocycles. The van der Waals surface area contributed by atoms with Crippen LogP contribution >= 0.6 is 23.2 Å². The van der Waals surface area contributed by atoms with E-state index in [4.69, 9.17) is 33.7 Å². The third kappa shape index (κ3) is 4.82. The summed E-state index contributed by atoms with van der Waals surface area (Å²) in [5.41, 5.74) is 5.38. The summed E-state index contributed by atoms with van der Waals surface area (Å²) in [6, 6.07) is 13.7. The maximum atomic E-state index is 13.5. The van der Waals surface area contributed by atoms with Gasteiger partial charge in [0.2, 0.25) is 0 Å². The van der Waals surface area contributed by atoms with Gasteiger partial charge in [-0.05, 0) is 17.7 Å². The van der Waals surface area contributed by atoms with Crippen LogP contribution in [-0.4, -0.2) is 29.2 Å². The zero-order valence-electron chi connectivity index (χ0n) is 16.6. The van der Waals surface area contributed by atoms with Gasteiger partial charge in [-0.15, -0.1) is 0 Å². The van der Waals surface area contributed by atoms with E-state index >= 15 is 0 Å². The Labute approximate surface area is 187 Å². The second-order valence-corrected chi connectivity index (χ2v) is 7.40. The first-order valence-electron chi connectivity index (χ1n) is 9.26. The van der Waals surface area contributed by atoms with Crippen LogP contribution in [-0.2, 0) is 17.8 Å². The largest absolute Gasteiger partial charge is 0.383 e. The third-order valence-electron chi connectivity index (χ3n) is 4.61. The molecule has 0 unspecified atom stereocenters. The molecule has 0 atom stereocenters. The molecule has 2 aromatic carbocycles. The van der Waals surface area contributed by atoms with Crippen molar-refractivity contribution in [2.45, 2.75) is 13.1 Å². The average Bonchev–Trinajstić information content (AvgIpc) is 2.75. The number of nitrogens with two attached hydrogens (primary N) is 1. The zero-order valence-corrected chi connectivity index (χ0v) is 18.1. The number of ether oxygens (including phenoxy) is 1. The highest BCUT2D eigenvalue weighted by molar-refractivity contribution is 6.44. The molecule has 0 aliphatic heterocycles. The Kier molecular flexibility index (Phi) is 7.17. The molecule has 0 bridgehead atoms. The summed E-state index contributed by atoms with van der Waals surface area (Å²) in [7, 11) is 1.47. The van der Waals surface area contributed by atoms with Crippen LogP contribution in [0.15, 0.2) is 58.1 Å². The molecule has 0 saturated carbocycles. The lowest BCUT2D eigenvalue weighted by atomic mass is 10.1. The number of aromatic nitrogens is 2. The minimum Gasteiger partial charge on any atom is -0.383 e. The van der Waals surface area contributed by atoms with Crippen molar-refractivity contribution in [2.24, 2.45) is 0 Å². The van der Waals surface area contributed by atoms with E-state index in [9.17, 15) is 14.4 Å². The highest BCUT2D eigenvalue weighted by Crippen LogP contribution is 2.29. The number of H-pyrrole nitrogens is 1. The van der Waals surface area contributed by atoms with Crippen LogP contribution in [0.5, 0.6) is 0 Å². The summed E-state index contributed by atoms with van der Waals surface area (Å²) in [5, 5.41) is 0.244. The summed E-state index contributed by atoms with van der Waals surface area (Å²) >= 11 is 12.3. The number of methoxy groups -OCH3 is 1. The van der Waals surface area contributed by atoms with E-state index < -0.39 is 17.2 Å². The van der Waals surface area contributed by atoms with Crippen LogP contribution in [0.2, 0.25) is 10.0 Å². The Balaban J connectivity index is 2.19. The SMILES string of the molecule is COCCn1c(N)c(N(Cc2ccccc2)C(=O)c2cccc(Cl)c2Cl)c(=O)[nH]c1=O. The normalized spacial score (nSPS) is 10.8. The lowest BCUT2D eigenvalue weighted by Gasteiger charge is -2.25. The lowest BCUT2D eigenvalue weighted by molar-refractivity contribution is 0.0985. The molecule has 31 heavy (non-hydrogen) atoms. The molecule has 0 aliphatic rings. The molecule has 0 radical (unpaired) electrons. The number of anilines is 2. The monoisotopic (exact) mass is 462 g/mol. The van der Waals surface area contributed by atoms with Crippen molar-refractivity contribution in [1.29, 1.82) is 0 Å². The fraction of sp³-hybridized carbons (Fsp3) is 0.190. The second kappa shape index (κ2) is 9.82. The van der Waals surface area contributed by atoms with E-state index in [1.807, 2.05) is 6.07 Å². The summed E-state index contributed by atoms with van der Waals surface area (Å²) in [6.45, 7) is 0.289. The highest BCUT2D eigenvalue weighted by atomic mass is 35.5. The predicted octanol–water partition coefficient (Wildman–Crippen LogP) is 2.92. The van der Waals surface area contributed by atoms with Crippen molar-refractivity contribution in [1.82, 2.24) is 9.55 Å². The number of amides is 1. The van der Waals surface area contributed by atoms with Crippen LogP contribution in [0.4, 0.5) is 11.5 Å². The van der Waals surface area contributed by atoms with Crippen molar-refractivity contribution >= 4 is 40.6 Å². The van der Waals surface area contributed by atoms with Gasteiger partial charge in [0.25, 0.3) is 11.5 Å². The molecule has 3 aromatic rings. The molecule has 162 valence electrons. The second-order valence-electron chi connectivity index (χ2n) is 6.62. The first-order valence-corrected chi connectivity index (χ1v) is 10.0. The summed E-state index contributed by atoms with van der Waals surface area (Å²) < 4.78 is 6.15. The third-order valence-corrected chi connectivity index (χ3v) is 5.43. The number of carbonyl (C=O) groups is 1. The van der Waals surface area contributed by atoms with E-state index in [-0.39, 0.29) is 46.8 Å². The van der Waals surface area contributed by atoms with Gasteiger partial charge in [0, 0.05) is 7.11 Å². The van der Waals surface area contributed by atoms with Gasteiger partial charge in [0.05, 0.1) is 35.3 Å². The topological polar surface area (TPSA) is 110 Å². The average molecular weight is 463 g/mol. The number of rotatable bonds is 7. The van der Waals surface area contributed by atoms with Crippen LogP contribution in [0.25, 0.3) is 0 Å². The van der Waals surface area contributed by atoms with Crippen LogP contribution in [0.3, 0.4) is 0 Å². The molecule has 3 rings (SSSR count). The molecule has 1 amide bonds. The Hall–Kier alpha value is -3.07. The van der Waals surface area contributed by atoms with Crippen molar-refractivity contribution in [3.8, 4) is 0 Å². The fourth-order valence-electron chi connectivity index (χ4n) is 3.08. The van der Waals surface area contributed by atoms with Gasteiger partial charge in [-0.3, -0.25) is 24.0 Å². The van der Waals surface area contributed by atoms with Crippen LogP contribution < -0.4 is 21.9 Å². The molecule has 1 aromatic heterocycles. The van der Waals surface area contributed by atoms with Crippen molar-refractivity contribution < 1.29 is 9.53 Å². The molecule has 0 saturated heterocycles. The summed E-state index contributed by atoms with van der Waals surface area (Å²) in [4.78, 5) is 41.9. The lowest BCUT2D eigenvalue weighted by Crippen LogP contribution is -2.41. The molecule has 0 spiro atoms. The van der Waals surface area contributed by atoms with Gasteiger partial charge in [0.15, 0.2) is 5.69 Å². The van der Waals surface area contributed by atoms with Crippen molar-refractivity contribution in [3.05, 3.63) is 90.5 Å². The minimum absolute atomic E-state index is 0.0122. The Morgan fingerprint density at radius 1 is 1.13 bits per heavy atom. The zero-order chi connectivity index (χ0) is 22.5. The Bertz CT molecular complexity index is 1210. The summed E-state index contributed by atoms with van der Waals surface area (Å²) in [6.07, 6.45) is 0. The molecule has 3 N–H and O–H groups in total. The molecule has 10 heteroatoms. The number of carbonyl (C=O) groups excluding carboxylic acids is 1. The predicted molar refractivity (Wildman–Crippen MR) is 121 cm³/mol. The molecule has 0 fully saturated rings. The summed E-state index contributed by atoms with van der Waals surface area (Å²) in [5.74, 6) is -0.751. The Morgan fingerprint density at radius 3 is 2.52 bits per heavy atom. The number of hydrogen-bond acceptors (Lipinski definition) is 5. The number of nitrogen functional groups attached to an aromatic ring is 1. The van der Waals surface area contributed by atoms with Crippen molar-refractivity contribution in [3.63, 3.8) is 0 Å². The molecule has 1 heterocycles. The Morgan fingerprint density at radius 2 is 1.84 bits per heavy atom. The van der Waals surface area contributed by atoms with Gasteiger partial charge in [0.1, 0.15) is 5.82 Å². The first kappa shape index (κ1) is 22.6. The number of nitrogens with zero attached hydrogens (tertiary/aromatic N) is 2. The highest BCUT2D eigenvalue weighted by Gasteiger charge is 2.27. The molecular formula is C21H20Cl2N4O4. The van der Waals surface area contributed by atoms with Crippen molar-refractivity contribution in [2.75, 3.05) is 24.4 Å². The van der Waals surface area contributed by atoms with Crippen LogP contribution in [0, 0.1) is 0 Å². The number of benzene rings is 2. The minimum atomic E-state index is -0.793. The fourth-order valence-corrected chi connectivity index (χ4v) is 3.46. The van der Waals surface area contributed by atoms with Crippen LogP contribution in [0.1, 0.15) is 15.9 Å². The van der Waals surface area contributed by atoms with E-state index in [1.165, 1.54) is 18.1 Å². The number of hydrogen-bond donors (Lipinski definition) is 2. The number of halogens is 2. The van der Waals surface area contributed by atoms with E-state index in [2.05, 4.69) is 4.98 Å². The van der Waals surface area contributed by atoms with Gasteiger partial charge in [-0.2, -0.15) is 0 Å². The molecule has 8 nitrogen and oxygen atoms in total. The van der Waals surface area contributed by atoms with Gasteiger partial charge in [-0.25, -0.2) is 4.79 Å². The van der Waals surface area contributed by atoms with E-state index in [0.29, 0.717) is 0 Å².